The standard InChI is InChI=1S/C17H28N2O/c1-4-6-7-8-9-13-20-17-11-10-15(3)19-16(17)14-18-12-5-2/h4,10-11,18H,1,5-9,12-14H2,2-3H3. The molecule has 0 saturated carbocycles. The molecule has 0 spiro atoms. The number of nitrogens with one attached hydrogen (secondary N) is 1. The van der Waals surface area contributed by atoms with Crippen molar-refractivity contribution in [1.82, 2.24) is 10.3 Å². The summed E-state index contributed by atoms with van der Waals surface area (Å²) in [5, 5.41) is 3.38. The van der Waals surface area contributed by atoms with Gasteiger partial charge in [0.1, 0.15) is 5.75 Å². The van der Waals surface area contributed by atoms with Gasteiger partial charge in [-0.15, -0.1) is 6.58 Å². The van der Waals surface area contributed by atoms with E-state index in [1.165, 1.54) is 12.8 Å². The van der Waals surface area contributed by atoms with E-state index in [0.29, 0.717) is 0 Å². The summed E-state index contributed by atoms with van der Waals surface area (Å²) in [6, 6.07) is 4.05. The number of rotatable bonds is 11. The van der Waals surface area contributed by atoms with Gasteiger partial charge in [-0.25, -0.2) is 0 Å². The lowest BCUT2D eigenvalue weighted by Gasteiger charge is -2.12. The Morgan fingerprint density at radius 3 is 2.90 bits per heavy atom. The van der Waals surface area contributed by atoms with E-state index < -0.39 is 0 Å². The monoisotopic (exact) mass is 276 g/mol. The highest BCUT2D eigenvalue weighted by Crippen LogP contribution is 2.17. The van der Waals surface area contributed by atoms with E-state index in [2.05, 4.69) is 23.8 Å². The van der Waals surface area contributed by atoms with Gasteiger partial charge in [0.2, 0.25) is 0 Å². The van der Waals surface area contributed by atoms with E-state index in [9.17, 15) is 0 Å². The molecule has 20 heavy (non-hydrogen) atoms. The van der Waals surface area contributed by atoms with E-state index in [0.717, 1.165) is 56.1 Å². The van der Waals surface area contributed by atoms with Crippen LogP contribution in [0.5, 0.6) is 5.75 Å². The zero-order valence-electron chi connectivity index (χ0n) is 13.0. The Hall–Kier alpha value is -1.35. The minimum absolute atomic E-state index is 0.767. The minimum Gasteiger partial charge on any atom is -0.492 e. The molecule has 1 aromatic rings. The van der Waals surface area contributed by atoms with Gasteiger partial charge in [-0.2, -0.15) is 0 Å². The number of pyridine rings is 1. The lowest BCUT2D eigenvalue weighted by Crippen LogP contribution is -2.16. The molecule has 0 fully saturated rings. The molecule has 0 aliphatic rings. The van der Waals surface area contributed by atoms with Crippen LogP contribution in [0.3, 0.4) is 0 Å². The van der Waals surface area contributed by atoms with Crippen molar-refractivity contribution in [1.29, 1.82) is 0 Å². The maximum atomic E-state index is 5.87. The molecule has 3 heteroatoms. The van der Waals surface area contributed by atoms with Gasteiger partial charge in [0.15, 0.2) is 0 Å². The maximum absolute atomic E-state index is 5.87. The Morgan fingerprint density at radius 2 is 2.15 bits per heavy atom. The molecule has 3 nitrogen and oxygen atoms in total. The molecule has 0 radical (unpaired) electrons. The van der Waals surface area contributed by atoms with Crippen LogP contribution in [0.25, 0.3) is 0 Å². The molecule has 0 amide bonds. The van der Waals surface area contributed by atoms with Gasteiger partial charge in [0.25, 0.3) is 0 Å². The molecule has 1 aromatic heterocycles. The molecule has 0 aliphatic carbocycles. The summed E-state index contributed by atoms with van der Waals surface area (Å²) >= 11 is 0. The van der Waals surface area contributed by atoms with Gasteiger partial charge in [-0.3, -0.25) is 4.98 Å². The Bertz CT molecular complexity index is 391. The molecular formula is C17H28N2O. The lowest BCUT2D eigenvalue weighted by molar-refractivity contribution is 0.300. The molecule has 0 atom stereocenters. The van der Waals surface area contributed by atoms with Crippen LogP contribution in [0.1, 0.15) is 50.4 Å². The number of aromatic nitrogens is 1. The average molecular weight is 276 g/mol. The number of unbranched alkanes of at least 4 members (excludes halogenated alkanes) is 3. The number of hydrogen-bond acceptors (Lipinski definition) is 3. The fourth-order valence-corrected chi connectivity index (χ4v) is 1.99. The largest absolute Gasteiger partial charge is 0.492 e. The first-order valence-corrected chi connectivity index (χ1v) is 7.68. The van der Waals surface area contributed by atoms with Crippen molar-refractivity contribution >= 4 is 0 Å². The van der Waals surface area contributed by atoms with E-state index in [-0.39, 0.29) is 0 Å². The molecule has 1 heterocycles. The highest BCUT2D eigenvalue weighted by atomic mass is 16.5. The summed E-state index contributed by atoms with van der Waals surface area (Å²) in [7, 11) is 0. The van der Waals surface area contributed by atoms with Crippen LogP contribution in [-0.4, -0.2) is 18.1 Å². The van der Waals surface area contributed by atoms with Crippen molar-refractivity contribution in [3.05, 3.63) is 36.2 Å². The number of ether oxygens (including phenoxy) is 1. The second-order valence-corrected chi connectivity index (χ2v) is 5.06. The van der Waals surface area contributed by atoms with Crippen molar-refractivity contribution in [2.24, 2.45) is 0 Å². The third-order valence-corrected chi connectivity index (χ3v) is 3.10. The Kier molecular flexibility index (Phi) is 8.72. The molecule has 1 N–H and O–H groups in total. The van der Waals surface area contributed by atoms with Crippen LogP contribution in [0.4, 0.5) is 0 Å². The summed E-state index contributed by atoms with van der Waals surface area (Å²) in [6.45, 7) is 10.5. The highest BCUT2D eigenvalue weighted by Gasteiger charge is 2.05. The first-order valence-electron chi connectivity index (χ1n) is 7.68. The molecule has 0 bridgehead atoms. The van der Waals surface area contributed by atoms with Crippen LogP contribution in [0.2, 0.25) is 0 Å². The number of hydrogen-bond donors (Lipinski definition) is 1. The molecule has 0 unspecified atom stereocenters. The van der Waals surface area contributed by atoms with Crippen molar-refractivity contribution in [2.45, 2.75) is 52.5 Å². The van der Waals surface area contributed by atoms with Crippen LogP contribution < -0.4 is 10.1 Å². The molecule has 1 rings (SSSR count). The van der Waals surface area contributed by atoms with Gasteiger partial charge < -0.3 is 10.1 Å². The van der Waals surface area contributed by atoms with E-state index in [4.69, 9.17) is 4.74 Å². The highest BCUT2D eigenvalue weighted by molar-refractivity contribution is 5.29. The zero-order chi connectivity index (χ0) is 14.6. The van der Waals surface area contributed by atoms with Crippen LogP contribution in [0.15, 0.2) is 24.8 Å². The summed E-state index contributed by atoms with van der Waals surface area (Å²) in [5.74, 6) is 0.919. The minimum atomic E-state index is 0.767. The zero-order valence-corrected chi connectivity index (χ0v) is 13.0. The average Bonchev–Trinajstić information content (AvgIpc) is 2.45. The first kappa shape index (κ1) is 16.7. The quantitative estimate of drug-likeness (QED) is 0.490. The number of allylic oxidation sites excluding steroid dienone is 1. The maximum Gasteiger partial charge on any atom is 0.142 e. The fourth-order valence-electron chi connectivity index (χ4n) is 1.99. The fraction of sp³-hybridized carbons (Fsp3) is 0.588. The van der Waals surface area contributed by atoms with Crippen molar-refractivity contribution in [2.75, 3.05) is 13.2 Å². The number of nitrogens with zero attached hydrogens (tertiary/aromatic N) is 1. The van der Waals surface area contributed by atoms with Gasteiger partial charge in [0.05, 0.1) is 12.3 Å². The van der Waals surface area contributed by atoms with Crippen LogP contribution in [-0.2, 0) is 6.54 Å². The van der Waals surface area contributed by atoms with Gasteiger partial charge >= 0.3 is 0 Å². The van der Waals surface area contributed by atoms with Crippen molar-refractivity contribution in [3.63, 3.8) is 0 Å². The molecule has 112 valence electrons. The normalized spacial score (nSPS) is 10.5. The predicted molar refractivity (Wildman–Crippen MR) is 85.1 cm³/mol. The van der Waals surface area contributed by atoms with Gasteiger partial charge in [-0.1, -0.05) is 13.0 Å². The summed E-state index contributed by atoms with van der Waals surface area (Å²) in [5.41, 5.74) is 2.06. The SMILES string of the molecule is C=CCCCCCOc1ccc(C)nc1CNCCC. The Balaban J connectivity index is 2.40. The number of aryl methyl sites for hydroxylation is 1. The third kappa shape index (κ3) is 6.71. The van der Waals surface area contributed by atoms with E-state index in [1.807, 2.05) is 25.1 Å². The van der Waals surface area contributed by atoms with Crippen molar-refractivity contribution in [3.8, 4) is 5.75 Å². The van der Waals surface area contributed by atoms with E-state index >= 15 is 0 Å². The molecule has 0 aromatic carbocycles. The Labute approximate surface area is 123 Å². The summed E-state index contributed by atoms with van der Waals surface area (Å²) in [4.78, 5) is 4.57. The molecule has 0 aliphatic heterocycles. The Morgan fingerprint density at radius 1 is 1.30 bits per heavy atom. The summed E-state index contributed by atoms with van der Waals surface area (Å²) in [6.07, 6.45) is 7.67. The van der Waals surface area contributed by atoms with Crippen LogP contribution in [0, 0.1) is 6.92 Å². The second kappa shape index (κ2) is 10.4. The first-order chi connectivity index (χ1) is 9.77. The summed E-state index contributed by atoms with van der Waals surface area (Å²) < 4.78 is 5.87. The van der Waals surface area contributed by atoms with Crippen molar-refractivity contribution < 1.29 is 4.74 Å². The smallest absolute Gasteiger partial charge is 0.142 e. The van der Waals surface area contributed by atoms with E-state index in [1.54, 1.807) is 0 Å². The predicted octanol–water partition coefficient (Wildman–Crippen LogP) is 4.01. The van der Waals surface area contributed by atoms with Gasteiger partial charge in [0, 0.05) is 12.2 Å². The molecular weight excluding hydrogens is 248 g/mol. The third-order valence-electron chi connectivity index (χ3n) is 3.10. The second-order valence-electron chi connectivity index (χ2n) is 5.06. The topological polar surface area (TPSA) is 34.1 Å². The lowest BCUT2D eigenvalue weighted by atomic mass is 10.2. The molecule has 0 saturated heterocycles. The van der Waals surface area contributed by atoms with Crippen LogP contribution >= 0.6 is 0 Å². The van der Waals surface area contributed by atoms with Gasteiger partial charge in [-0.05, 0) is 57.7 Å².